The van der Waals surface area contributed by atoms with Gasteiger partial charge in [0.1, 0.15) is 0 Å². The van der Waals surface area contributed by atoms with Crippen LogP contribution in [0.15, 0.2) is 54.9 Å². The third-order valence-electron chi connectivity index (χ3n) is 2.93. The minimum absolute atomic E-state index is 0.163. The fourth-order valence-corrected chi connectivity index (χ4v) is 2.02. The van der Waals surface area contributed by atoms with Gasteiger partial charge in [0.15, 0.2) is 0 Å². The lowest BCUT2D eigenvalue weighted by Crippen LogP contribution is -2.29. The second-order valence-corrected chi connectivity index (χ2v) is 4.65. The predicted molar refractivity (Wildman–Crippen MR) is 80.5 cm³/mol. The molecule has 0 fully saturated rings. The summed E-state index contributed by atoms with van der Waals surface area (Å²) >= 11 is 0. The molecule has 0 aliphatic carbocycles. The van der Waals surface area contributed by atoms with Crippen molar-refractivity contribution in [2.75, 3.05) is 5.32 Å². The SMILES string of the molecule is CC(=O)N[C@@H](CC(=O)Nc1ccncc1)c1ccccc1. The first kappa shape index (κ1) is 14.7. The van der Waals surface area contributed by atoms with E-state index in [-0.39, 0.29) is 24.3 Å². The fourth-order valence-electron chi connectivity index (χ4n) is 2.02. The Morgan fingerprint density at radius 2 is 1.76 bits per heavy atom. The average molecular weight is 283 g/mol. The Morgan fingerprint density at radius 3 is 2.38 bits per heavy atom. The predicted octanol–water partition coefficient (Wildman–Crippen LogP) is 2.29. The van der Waals surface area contributed by atoms with Gasteiger partial charge in [0.25, 0.3) is 0 Å². The minimum atomic E-state index is -0.342. The molecule has 108 valence electrons. The second-order valence-electron chi connectivity index (χ2n) is 4.65. The van der Waals surface area contributed by atoms with E-state index < -0.39 is 0 Å². The van der Waals surface area contributed by atoms with E-state index in [1.807, 2.05) is 30.3 Å². The molecule has 0 aliphatic heterocycles. The Kier molecular flexibility index (Phi) is 5.04. The van der Waals surface area contributed by atoms with E-state index in [0.29, 0.717) is 5.69 Å². The van der Waals surface area contributed by atoms with Crippen LogP contribution in [0.2, 0.25) is 0 Å². The minimum Gasteiger partial charge on any atom is -0.349 e. The molecular formula is C16H17N3O2. The Bertz CT molecular complexity index is 599. The lowest BCUT2D eigenvalue weighted by Gasteiger charge is -2.18. The van der Waals surface area contributed by atoms with Gasteiger partial charge in [0.05, 0.1) is 12.5 Å². The molecule has 0 radical (unpaired) electrons. The highest BCUT2D eigenvalue weighted by molar-refractivity contribution is 5.91. The number of aromatic nitrogens is 1. The standard InChI is InChI=1S/C16H17N3O2/c1-12(20)18-15(13-5-3-2-4-6-13)11-16(21)19-14-7-9-17-10-8-14/h2-10,15H,11H2,1H3,(H,18,20)(H,17,19,21)/t15-/m0/s1. The van der Waals surface area contributed by atoms with Crippen molar-refractivity contribution in [1.29, 1.82) is 0 Å². The van der Waals surface area contributed by atoms with Crippen molar-refractivity contribution < 1.29 is 9.59 Å². The molecule has 0 unspecified atom stereocenters. The van der Waals surface area contributed by atoms with E-state index in [2.05, 4.69) is 15.6 Å². The number of benzene rings is 1. The van der Waals surface area contributed by atoms with Crippen LogP contribution in [0.1, 0.15) is 24.9 Å². The van der Waals surface area contributed by atoms with Crippen LogP contribution in [0, 0.1) is 0 Å². The number of carbonyl (C=O) groups is 2. The number of rotatable bonds is 5. The molecule has 0 saturated carbocycles. The first-order valence-corrected chi connectivity index (χ1v) is 6.67. The summed E-state index contributed by atoms with van der Waals surface area (Å²) in [6.45, 7) is 1.44. The van der Waals surface area contributed by atoms with Gasteiger partial charge in [0, 0.05) is 25.0 Å². The van der Waals surface area contributed by atoms with Gasteiger partial charge in [-0.3, -0.25) is 14.6 Å². The van der Waals surface area contributed by atoms with E-state index in [1.165, 1.54) is 6.92 Å². The lowest BCUT2D eigenvalue weighted by atomic mass is 10.0. The maximum Gasteiger partial charge on any atom is 0.226 e. The van der Waals surface area contributed by atoms with E-state index >= 15 is 0 Å². The molecule has 5 heteroatoms. The van der Waals surface area contributed by atoms with Gasteiger partial charge >= 0.3 is 0 Å². The first-order chi connectivity index (χ1) is 10.1. The summed E-state index contributed by atoms with van der Waals surface area (Å²) in [5, 5.41) is 5.59. The molecule has 0 saturated heterocycles. The Labute approximate surface area is 123 Å². The van der Waals surface area contributed by atoms with Gasteiger partial charge in [-0.1, -0.05) is 30.3 Å². The molecule has 0 spiro atoms. The smallest absolute Gasteiger partial charge is 0.226 e. The van der Waals surface area contributed by atoms with Crippen LogP contribution in [0.25, 0.3) is 0 Å². The highest BCUT2D eigenvalue weighted by Gasteiger charge is 2.16. The number of nitrogens with zero attached hydrogens (tertiary/aromatic N) is 1. The van der Waals surface area contributed by atoms with Crippen LogP contribution in [0.3, 0.4) is 0 Å². The van der Waals surface area contributed by atoms with Gasteiger partial charge in [-0.05, 0) is 17.7 Å². The molecule has 0 aliphatic rings. The first-order valence-electron chi connectivity index (χ1n) is 6.67. The van der Waals surface area contributed by atoms with Gasteiger partial charge < -0.3 is 10.6 Å². The summed E-state index contributed by atoms with van der Waals surface area (Å²) in [4.78, 5) is 27.3. The molecule has 1 aromatic heterocycles. The van der Waals surface area contributed by atoms with Crippen LogP contribution in [-0.2, 0) is 9.59 Å². The van der Waals surface area contributed by atoms with Gasteiger partial charge in [0.2, 0.25) is 11.8 Å². The Morgan fingerprint density at radius 1 is 1.10 bits per heavy atom. The highest BCUT2D eigenvalue weighted by atomic mass is 16.2. The lowest BCUT2D eigenvalue weighted by molar-refractivity contribution is -0.120. The molecule has 2 amide bonds. The summed E-state index contributed by atoms with van der Waals surface area (Å²) < 4.78 is 0. The fraction of sp³-hybridized carbons (Fsp3) is 0.188. The van der Waals surface area contributed by atoms with Crippen LogP contribution in [-0.4, -0.2) is 16.8 Å². The maximum atomic E-state index is 12.1. The van der Waals surface area contributed by atoms with Crippen LogP contribution in [0.4, 0.5) is 5.69 Å². The summed E-state index contributed by atoms with van der Waals surface area (Å²) in [5.74, 6) is -0.329. The number of hydrogen-bond donors (Lipinski definition) is 2. The molecule has 1 aromatic carbocycles. The molecule has 1 atom stereocenters. The zero-order valence-corrected chi connectivity index (χ0v) is 11.7. The van der Waals surface area contributed by atoms with Crippen molar-refractivity contribution in [2.45, 2.75) is 19.4 Å². The maximum absolute atomic E-state index is 12.1. The number of carbonyl (C=O) groups excluding carboxylic acids is 2. The van der Waals surface area contributed by atoms with E-state index in [4.69, 9.17) is 0 Å². The molecular weight excluding hydrogens is 266 g/mol. The summed E-state index contributed by atoms with van der Waals surface area (Å²) in [7, 11) is 0. The summed E-state index contributed by atoms with van der Waals surface area (Å²) in [6, 6.07) is 12.5. The normalized spacial score (nSPS) is 11.5. The highest BCUT2D eigenvalue weighted by Crippen LogP contribution is 2.17. The monoisotopic (exact) mass is 283 g/mol. The second kappa shape index (κ2) is 7.19. The third-order valence-corrected chi connectivity index (χ3v) is 2.93. The molecule has 1 heterocycles. The van der Waals surface area contributed by atoms with Gasteiger partial charge in [-0.15, -0.1) is 0 Å². The van der Waals surface area contributed by atoms with Crippen LogP contribution >= 0.6 is 0 Å². The zero-order valence-electron chi connectivity index (χ0n) is 11.7. The average Bonchev–Trinajstić information content (AvgIpc) is 2.48. The summed E-state index contributed by atoms with van der Waals surface area (Å²) in [6.07, 6.45) is 3.39. The molecule has 2 rings (SSSR count). The van der Waals surface area contributed by atoms with Crippen molar-refractivity contribution in [1.82, 2.24) is 10.3 Å². The van der Waals surface area contributed by atoms with Gasteiger partial charge in [-0.2, -0.15) is 0 Å². The van der Waals surface area contributed by atoms with Crippen molar-refractivity contribution in [3.05, 3.63) is 60.4 Å². The molecule has 0 bridgehead atoms. The number of amides is 2. The number of anilines is 1. The van der Waals surface area contributed by atoms with E-state index in [9.17, 15) is 9.59 Å². The third kappa shape index (κ3) is 4.72. The Balaban J connectivity index is 2.05. The molecule has 2 N–H and O–H groups in total. The van der Waals surface area contributed by atoms with Crippen molar-refractivity contribution in [3.63, 3.8) is 0 Å². The number of hydrogen-bond acceptors (Lipinski definition) is 3. The van der Waals surface area contributed by atoms with Crippen LogP contribution in [0.5, 0.6) is 0 Å². The topological polar surface area (TPSA) is 71.1 Å². The van der Waals surface area contributed by atoms with Crippen molar-refractivity contribution in [2.24, 2.45) is 0 Å². The largest absolute Gasteiger partial charge is 0.349 e. The summed E-state index contributed by atoms with van der Waals surface area (Å²) in [5.41, 5.74) is 1.59. The molecule has 5 nitrogen and oxygen atoms in total. The molecule has 21 heavy (non-hydrogen) atoms. The Hall–Kier alpha value is -2.69. The zero-order chi connectivity index (χ0) is 15.1. The van der Waals surface area contributed by atoms with Gasteiger partial charge in [-0.25, -0.2) is 0 Å². The van der Waals surface area contributed by atoms with E-state index in [0.717, 1.165) is 5.56 Å². The van der Waals surface area contributed by atoms with Crippen LogP contribution < -0.4 is 10.6 Å². The number of pyridine rings is 1. The van der Waals surface area contributed by atoms with E-state index in [1.54, 1.807) is 24.5 Å². The number of nitrogens with one attached hydrogen (secondary N) is 2. The van der Waals surface area contributed by atoms with Crippen molar-refractivity contribution >= 4 is 17.5 Å². The quantitative estimate of drug-likeness (QED) is 0.884. The van der Waals surface area contributed by atoms with Crippen molar-refractivity contribution in [3.8, 4) is 0 Å². The molecule has 2 aromatic rings.